The summed E-state index contributed by atoms with van der Waals surface area (Å²) < 4.78 is 5.52. The van der Waals surface area contributed by atoms with E-state index in [1.54, 1.807) is 19.2 Å². The van der Waals surface area contributed by atoms with Gasteiger partial charge in [0.2, 0.25) is 0 Å². The van der Waals surface area contributed by atoms with Gasteiger partial charge in [-0.1, -0.05) is 25.5 Å². The Morgan fingerprint density at radius 2 is 1.81 bits per heavy atom. The molecular weight excluding hydrogens is 354 g/mol. The zero-order valence-corrected chi connectivity index (χ0v) is 16.4. The summed E-state index contributed by atoms with van der Waals surface area (Å²) in [6.45, 7) is 4.77. The predicted molar refractivity (Wildman–Crippen MR) is 105 cm³/mol. The normalized spacial score (nSPS) is 15.6. The third kappa shape index (κ3) is 5.97. The van der Waals surface area contributed by atoms with Gasteiger partial charge in [0.15, 0.2) is 0 Å². The zero-order valence-electron chi connectivity index (χ0n) is 15.6. The van der Waals surface area contributed by atoms with E-state index in [2.05, 4.69) is 22.9 Å². The lowest BCUT2D eigenvalue weighted by atomic mass is 9.91. The van der Waals surface area contributed by atoms with Gasteiger partial charge in [0.25, 0.3) is 11.8 Å². The molecule has 0 aliphatic carbocycles. The molecule has 0 aromatic heterocycles. The highest BCUT2D eigenvalue weighted by atomic mass is 35.5. The van der Waals surface area contributed by atoms with Crippen LogP contribution < -0.4 is 16.0 Å². The van der Waals surface area contributed by atoms with Crippen LogP contribution in [0.4, 0.5) is 0 Å². The summed E-state index contributed by atoms with van der Waals surface area (Å²) >= 11 is 0. The zero-order chi connectivity index (χ0) is 18.1. The van der Waals surface area contributed by atoms with Gasteiger partial charge in [-0.05, 0) is 50.0 Å². The van der Waals surface area contributed by atoms with Crippen molar-refractivity contribution >= 4 is 24.2 Å². The molecule has 1 fully saturated rings. The van der Waals surface area contributed by atoms with E-state index >= 15 is 0 Å². The van der Waals surface area contributed by atoms with E-state index in [1.165, 1.54) is 0 Å². The first-order valence-corrected chi connectivity index (χ1v) is 9.02. The van der Waals surface area contributed by atoms with E-state index in [0.717, 1.165) is 31.5 Å². The number of unbranched alkanes of at least 4 members (excludes halogenated alkanes) is 1. The molecule has 1 heterocycles. The van der Waals surface area contributed by atoms with E-state index < -0.39 is 5.60 Å². The minimum absolute atomic E-state index is 0. The van der Waals surface area contributed by atoms with Gasteiger partial charge < -0.3 is 20.7 Å². The maximum atomic E-state index is 12.5. The van der Waals surface area contributed by atoms with Crippen molar-refractivity contribution in [3.8, 4) is 0 Å². The Bertz CT molecular complexity index is 572. The second kappa shape index (κ2) is 11.2. The van der Waals surface area contributed by atoms with Gasteiger partial charge in [-0.25, -0.2) is 0 Å². The average Bonchev–Trinajstić information content (AvgIpc) is 2.67. The second-order valence-corrected chi connectivity index (χ2v) is 6.44. The quantitative estimate of drug-likeness (QED) is 0.600. The first kappa shape index (κ1) is 22.4. The molecule has 0 spiro atoms. The number of methoxy groups -OCH3 is 1. The summed E-state index contributed by atoms with van der Waals surface area (Å²) in [6, 6.07) is 7.33. The standard InChI is InChI=1S/C19H29N3O3.ClH/c1-3-4-11-21-17(23)16-7-5-15(6-8-16)14-22-18(24)19(25-2)9-12-20-13-10-19;/h5-8,20H,3-4,9-14H2,1-2H3,(H,21,23)(H,22,24);1H. The topological polar surface area (TPSA) is 79.5 Å². The van der Waals surface area contributed by atoms with E-state index in [4.69, 9.17) is 4.74 Å². The maximum absolute atomic E-state index is 12.5. The lowest BCUT2D eigenvalue weighted by molar-refractivity contribution is -0.146. The number of nitrogens with one attached hydrogen (secondary N) is 3. The molecule has 1 aliphatic heterocycles. The number of ether oxygens (including phenoxy) is 1. The summed E-state index contributed by atoms with van der Waals surface area (Å²) in [6.07, 6.45) is 3.38. The van der Waals surface area contributed by atoms with Crippen molar-refractivity contribution in [2.45, 2.75) is 44.8 Å². The van der Waals surface area contributed by atoms with Crippen LogP contribution in [0.25, 0.3) is 0 Å². The van der Waals surface area contributed by atoms with E-state index in [-0.39, 0.29) is 24.2 Å². The van der Waals surface area contributed by atoms with Crippen LogP contribution in [-0.2, 0) is 16.1 Å². The third-order valence-corrected chi connectivity index (χ3v) is 4.70. The largest absolute Gasteiger partial charge is 0.368 e. The highest BCUT2D eigenvalue weighted by molar-refractivity contribution is 5.94. The van der Waals surface area contributed by atoms with Gasteiger partial charge in [0, 0.05) is 25.8 Å². The molecule has 2 rings (SSSR count). The van der Waals surface area contributed by atoms with Crippen molar-refractivity contribution in [1.82, 2.24) is 16.0 Å². The lowest BCUT2D eigenvalue weighted by Gasteiger charge is -2.34. The highest BCUT2D eigenvalue weighted by Crippen LogP contribution is 2.22. The Morgan fingerprint density at radius 3 is 2.38 bits per heavy atom. The van der Waals surface area contributed by atoms with Gasteiger partial charge in [-0.3, -0.25) is 9.59 Å². The van der Waals surface area contributed by atoms with Gasteiger partial charge >= 0.3 is 0 Å². The Morgan fingerprint density at radius 1 is 1.15 bits per heavy atom. The summed E-state index contributed by atoms with van der Waals surface area (Å²) in [5.74, 6) is -0.130. The van der Waals surface area contributed by atoms with Crippen molar-refractivity contribution in [2.24, 2.45) is 0 Å². The van der Waals surface area contributed by atoms with Crippen LogP contribution in [0.15, 0.2) is 24.3 Å². The van der Waals surface area contributed by atoms with Crippen LogP contribution in [0.5, 0.6) is 0 Å². The summed E-state index contributed by atoms with van der Waals surface area (Å²) in [4.78, 5) is 24.5. The third-order valence-electron chi connectivity index (χ3n) is 4.70. The van der Waals surface area contributed by atoms with E-state index in [1.807, 2.05) is 12.1 Å². The molecule has 6 nitrogen and oxygen atoms in total. The molecule has 0 radical (unpaired) electrons. The lowest BCUT2D eigenvalue weighted by Crippen LogP contribution is -2.53. The number of rotatable bonds is 8. The van der Waals surface area contributed by atoms with Crippen LogP contribution in [-0.4, -0.2) is 44.2 Å². The Hall–Kier alpha value is -1.63. The molecule has 2 amide bonds. The SMILES string of the molecule is CCCCNC(=O)c1ccc(CNC(=O)C2(OC)CCNCC2)cc1.Cl. The second-order valence-electron chi connectivity index (χ2n) is 6.44. The Labute approximate surface area is 161 Å². The number of halogens is 1. The molecule has 3 N–H and O–H groups in total. The smallest absolute Gasteiger partial charge is 0.252 e. The Kier molecular flexibility index (Phi) is 9.62. The molecule has 1 aromatic rings. The fourth-order valence-corrected chi connectivity index (χ4v) is 2.95. The number of benzene rings is 1. The number of amides is 2. The van der Waals surface area contributed by atoms with Gasteiger partial charge in [-0.2, -0.15) is 0 Å². The summed E-state index contributed by atoms with van der Waals surface area (Å²) in [7, 11) is 1.59. The molecule has 0 saturated carbocycles. The number of carbonyl (C=O) groups is 2. The first-order chi connectivity index (χ1) is 12.1. The first-order valence-electron chi connectivity index (χ1n) is 9.02. The number of piperidine rings is 1. The molecule has 1 aliphatic rings. The molecule has 26 heavy (non-hydrogen) atoms. The Balaban J connectivity index is 0.00000338. The molecule has 0 atom stereocenters. The summed E-state index contributed by atoms with van der Waals surface area (Å²) in [5.41, 5.74) is 0.862. The fourth-order valence-electron chi connectivity index (χ4n) is 2.95. The minimum atomic E-state index is -0.732. The number of carbonyl (C=O) groups excluding carboxylic acids is 2. The molecule has 0 bridgehead atoms. The van der Waals surface area contributed by atoms with Gasteiger partial charge in [0.05, 0.1) is 0 Å². The van der Waals surface area contributed by atoms with Crippen molar-refractivity contribution in [2.75, 3.05) is 26.7 Å². The molecule has 0 unspecified atom stereocenters. The fraction of sp³-hybridized carbons (Fsp3) is 0.579. The van der Waals surface area contributed by atoms with Crippen LogP contribution in [0.3, 0.4) is 0 Å². The van der Waals surface area contributed by atoms with Crippen LogP contribution >= 0.6 is 12.4 Å². The van der Waals surface area contributed by atoms with Crippen molar-refractivity contribution in [3.05, 3.63) is 35.4 Å². The monoisotopic (exact) mass is 383 g/mol. The predicted octanol–water partition coefficient (Wildman–Crippen LogP) is 2.02. The van der Waals surface area contributed by atoms with Gasteiger partial charge in [-0.15, -0.1) is 12.4 Å². The molecular formula is C19H30ClN3O3. The van der Waals surface area contributed by atoms with Crippen molar-refractivity contribution in [1.29, 1.82) is 0 Å². The average molecular weight is 384 g/mol. The van der Waals surface area contributed by atoms with Crippen LogP contribution in [0, 0.1) is 0 Å². The minimum Gasteiger partial charge on any atom is -0.368 e. The molecule has 7 heteroatoms. The van der Waals surface area contributed by atoms with Gasteiger partial charge in [0.1, 0.15) is 5.60 Å². The van der Waals surface area contributed by atoms with Crippen LogP contribution in [0.1, 0.15) is 48.5 Å². The maximum Gasteiger partial charge on any atom is 0.252 e. The van der Waals surface area contributed by atoms with Crippen molar-refractivity contribution < 1.29 is 14.3 Å². The number of hydrogen-bond acceptors (Lipinski definition) is 4. The van der Waals surface area contributed by atoms with E-state index in [9.17, 15) is 9.59 Å². The highest BCUT2D eigenvalue weighted by Gasteiger charge is 2.39. The van der Waals surface area contributed by atoms with Crippen LogP contribution in [0.2, 0.25) is 0 Å². The summed E-state index contributed by atoms with van der Waals surface area (Å²) in [5, 5.41) is 9.09. The van der Waals surface area contributed by atoms with Crippen molar-refractivity contribution in [3.63, 3.8) is 0 Å². The molecule has 1 saturated heterocycles. The van der Waals surface area contributed by atoms with E-state index in [0.29, 0.717) is 31.5 Å². The molecule has 1 aromatic carbocycles. The number of hydrogen-bond donors (Lipinski definition) is 3. The molecule has 146 valence electrons.